The van der Waals surface area contributed by atoms with Crippen molar-refractivity contribution in [1.29, 1.82) is 5.26 Å². The number of nitrogens with zero attached hydrogens (tertiary/aromatic N) is 1. The van der Waals surface area contributed by atoms with Gasteiger partial charge in [0.2, 0.25) is 0 Å². The molecule has 0 unspecified atom stereocenters. The lowest BCUT2D eigenvalue weighted by Crippen LogP contribution is -2.36. The van der Waals surface area contributed by atoms with Crippen molar-refractivity contribution in [2.45, 2.75) is 13.8 Å². The Balaban J connectivity index is 2.52. The van der Waals surface area contributed by atoms with Crippen LogP contribution in [0.25, 0.3) is 0 Å². The van der Waals surface area contributed by atoms with E-state index in [9.17, 15) is 9.18 Å². The Morgan fingerprint density at radius 1 is 1.47 bits per heavy atom. The zero-order chi connectivity index (χ0) is 12.9. The second-order valence-electron chi connectivity index (χ2n) is 4.28. The number of hydrogen-bond acceptors (Lipinski definition) is 2. The maximum atomic E-state index is 13.2. The molecule has 0 bridgehead atoms. The van der Waals surface area contributed by atoms with Crippen molar-refractivity contribution in [2.75, 3.05) is 11.9 Å². The van der Waals surface area contributed by atoms with E-state index in [1.807, 2.05) is 0 Å². The molecule has 0 aromatic heterocycles. The van der Waals surface area contributed by atoms with Gasteiger partial charge in [-0.25, -0.2) is 9.18 Å². The predicted molar refractivity (Wildman–Crippen MR) is 62.8 cm³/mol. The number of hydrogen-bond donors (Lipinski definition) is 2. The molecule has 0 radical (unpaired) electrons. The highest BCUT2D eigenvalue weighted by molar-refractivity contribution is 5.89. The first-order valence-electron chi connectivity index (χ1n) is 5.15. The third-order valence-corrected chi connectivity index (χ3v) is 2.12. The van der Waals surface area contributed by atoms with Crippen LogP contribution >= 0.6 is 0 Å². The van der Waals surface area contributed by atoms with Gasteiger partial charge in [0.1, 0.15) is 5.82 Å². The smallest absolute Gasteiger partial charge is 0.319 e. The lowest BCUT2D eigenvalue weighted by molar-refractivity contribution is 0.249. The molecule has 1 aromatic carbocycles. The average Bonchev–Trinajstić information content (AvgIpc) is 2.30. The molecule has 1 aromatic rings. The largest absolute Gasteiger partial charge is 0.336 e. The summed E-state index contributed by atoms with van der Waals surface area (Å²) in [6.45, 7) is 3.61. The van der Waals surface area contributed by atoms with Gasteiger partial charge in [0, 0.05) is 6.54 Å². The molecule has 4 nitrogen and oxygen atoms in total. The third-order valence-electron chi connectivity index (χ3n) is 2.12. The van der Waals surface area contributed by atoms with Gasteiger partial charge in [-0.2, -0.15) is 5.26 Å². The highest BCUT2D eigenvalue weighted by Gasteiger charge is 2.17. The van der Waals surface area contributed by atoms with E-state index >= 15 is 0 Å². The summed E-state index contributed by atoms with van der Waals surface area (Å²) < 4.78 is 13.2. The summed E-state index contributed by atoms with van der Waals surface area (Å²) in [4.78, 5) is 11.4. The molecule has 0 aliphatic heterocycles. The van der Waals surface area contributed by atoms with E-state index in [0.717, 1.165) is 0 Å². The van der Waals surface area contributed by atoms with E-state index in [4.69, 9.17) is 5.26 Å². The fourth-order valence-electron chi connectivity index (χ4n) is 1.07. The van der Waals surface area contributed by atoms with Gasteiger partial charge in [-0.05, 0) is 26.0 Å². The number of amides is 2. The lowest BCUT2D eigenvalue weighted by atomic mass is 9.96. The molecule has 1 rings (SSSR count). The Kier molecular flexibility index (Phi) is 4.05. The van der Waals surface area contributed by atoms with Crippen LogP contribution in [0.2, 0.25) is 0 Å². The molecule has 2 N–H and O–H groups in total. The number of nitrogens with one attached hydrogen (secondary N) is 2. The SMILES string of the molecule is CC(C)(C#N)CNC(=O)Nc1ccccc1F. The minimum atomic E-state index is -0.646. The first-order chi connectivity index (χ1) is 7.94. The second kappa shape index (κ2) is 5.30. The van der Waals surface area contributed by atoms with E-state index in [-0.39, 0.29) is 12.2 Å². The van der Waals surface area contributed by atoms with Crippen molar-refractivity contribution in [1.82, 2.24) is 5.32 Å². The van der Waals surface area contributed by atoms with Gasteiger partial charge in [0.25, 0.3) is 0 Å². The van der Waals surface area contributed by atoms with Gasteiger partial charge in [-0.3, -0.25) is 0 Å². The van der Waals surface area contributed by atoms with Crippen LogP contribution in [0, 0.1) is 22.6 Å². The Morgan fingerprint density at radius 2 is 2.12 bits per heavy atom. The molecule has 90 valence electrons. The van der Waals surface area contributed by atoms with Crippen LogP contribution in [0.4, 0.5) is 14.9 Å². The highest BCUT2D eigenvalue weighted by atomic mass is 19.1. The molecule has 2 amide bonds. The molecule has 0 atom stereocenters. The Labute approximate surface area is 99.4 Å². The molecule has 17 heavy (non-hydrogen) atoms. The summed E-state index contributed by atoms with van der Waals surface area (Å²) in [5.74, 6) is -0.498. The summed E-state index contributed by atoms with van der Waals surface area (Å²) in [7, 11) is 0. The van der Waals surface area contributed by atoms with Gasteiger partial charge in [-0.1, -0.05) is 12.1 Å². The van der Waals surface area contributed by atoms with E-state index in [1.54, 1.807) is 19.9 Å². The van der Waals surface area contributed by atoms with Gasteiger partial charge in [-0.15, -0.1) is 0 Å². The summed E-state index contributed by atoms with van der Waals surface area (Å²) in [6.07, 6.45) is 0. The first-order valence-corrected chi connectivity index (χ1v) is 5.15. The molecule has 5 heteroatoms. The number of urea groups is 1. The standard InChI is InChI=1S/C12H14FN3O/c1-12(2,7-14)8-15-11(17)16-10-6-4-3-5-9(10)13/h3-6H,8H2,1-2H3,(H2,15,16,17). The maximum Gasteiger partial charge on any atom is 0.319 e. The number of carbonyl (C=O) groups excluding carboxylic acids is 1. The van der Waals surface area contributed by atoms with Crippen molar-refractivity contribution < 1.29 is 9.18 Å². The van der Waals surface area contributed by atoms with Gasteiger partial charge in [0.05, 0.1) is 17.2 Å². The molecule has 0 aliphatic rings. The van der Waals surface area contributed by atoms with Gasteiger partial charge in [0.15, 0.2) is 0 Å². The van der Waals surface area contributed by atoms with Crippen LogP contribution in [-0.2, 0) is 0 Å². The van der Waals surface area contributed by atoms with Crippen LogP contribution in [0.15, 0.2) is 24.3 Å². The van der Waals surface area contributed by atoms with Crippen LogP contribution < -0.4 is 10.6 Å². The Hall–Kier alpha value is -2.09. The Bertz CT molecular complexity index is 451. The number of anilines is 1. The molecule has 0 saturated carbocycles. The van der Waals surface area contributed by atoms with Gasteiger partial charge >= 0.3 is 6.03 Å². The minimum absolute atomic E-state index is 0.111. The number of carbonyl (C=O) groups is 1. The fraction of sp³-hybridized carbons (Fsp3) is 0.333. The number of halogens is 1. The normalized spacial score (nSPS) is 10.5. The van der Waals surface area contributed by atoms with Crippen molar-refractivity contribution in [3.05, 3.63) is 30.1 Å². The van der Waals surface area contributed by atoms with E-state index < -0.39 is 17.3 Å². The van der Waals surface area contributed by atoms with Crippen LogP contribution in [0.5, 0.6) is 0 Å². The zero-order valence-electron chi connectivity index (χ0n) is 9.75. The molecular formula is C12H14FN3O. The predicted octanol–water partition coefficient (Wildman–Crippen LogP) is 2.50. The third kappa shape index (κ3) is 4.11. The average molecular weight is 235 g/mol. The molecule has 0 saturated heterocycles. The monoisotopic (exact) mass is 235 g/mol. The number of para-hydroxylation sites is 1. The summed E-state index contributed by atoms with van der Waals surface area (Å²) >= 11 is 0. The summed E-state index contributed by atoms with van der Waals surface area (Å²) in [5.41, 5.74) is -0.535. The lowest BCUT2D eigenvalue weighted by Gasteiger charge is -2.16. The van der Waals surface area contributed by atoms with Crippen molar-refractivity contribution in [3.63, 3.8) is 0 Å². The van der Waals surface area contributed by atoms with E-state index in [1.165, 1.54) is 18.2 Å². The van der Waals surface area contributed by atoms with Crippen molar-refractivity contribution in [2.24, 2.45) is 5.41 Å². The maximum absolute atomic E-state index is 13.2. The topological polar surface area (TPSA) is 64.9 Å². The molecular weight excluding hydrogens is 221 g/mol. The van der Waals surface area contributed by atoms with Crippen LogP contribution in [0.3, 0.4) is 0 Å². The van der Waals surface area contributed by atoms with E-state index in [2.05, 4.69) is 16.7 Å². The van der Waals surface area contributed by atoms with Crippen LogP contribution in [0.1, 0.15) is 13.8 Å². The summed E-state index contributed by atoms with van der Waals surface area (Å²) in [5, 5.41) is 13.6. The number of benzene rings is 1. The molecule has 0 spiro atoms. The molecule has 0 fully saturated rings. The summed E-state index contributed by atoms with van der Waals surface area (Å²) in [6, 6.07) is 7.41. The molecule has 0 heterocycles. The fourth-order valence-corrected chi connectivity index (χ4v) is 1.07. The first kappa shape index (κ1) is 13.0. The second-order valence-corrected chi connectivity index (χ2v) is 4.28. The minimum Gasteiger partial charge on any atom is -0.336 e. The number of rotatable bonds is 3. The highest BCUT2D eigenvalue weighted by Crippen LogP contribution is 2.13. The van der Waals surface area contributed by atoms with E-state index in [0.29, 0.717) is 0 Å². The zero-order valence-corrected chi connectivity index (χ0v) is 9.75. The molecule has 0 aliphatic carbocycles. The van der Waals surface area contributed by atoms with Gasteiger partial charge < -0.3 is 10.6 Å². The van der Waals surface area contributed by atoms with Crippen molar-refractivity contribution in [3.8, 4) is 6.07 Å². The van der Waals surface area contributed by atoms with Crippen molar-refractivity contribution >= 4 is 11.7 Å². The quantitative estimate of drug-likeness (QED) is 0.845. The number of nitriles is 1. The Morgan fingerprint density at radius 3 is 2.71 bits per heavy atom. The van der Waals surface area contributed by atoms with Crippen LogP contribution in [-0.4, -0.2) is 12.6 Å².